The molecule has 0 saturated carbocycles. The van der Waals surface area contributed by atoms with Crippen LogP contribution >= 0.6 is 0 Å². The van der Waals surface area contributed by atoms with Crippen LogP contribution in [0.25, 0.3) is 10.9 Å². The summed E-state index contributed by atoms with van der Waals surface area (Å²) in [5.41, 5.74) is 3.87. The molecule has 0 bridgehead atoms. The Labute approximate surface area is 157 Å². The van der Waals surface area contributed by atoms with Gasteiger partial charge in [-0.3, -0.25) is 4.98 Å². The zero-order valence-electron chi connectivity index (χ0n) is 15.2. The van der Waals surface area contributed by atoms with E-state index in [2.05, 4.69) is 20.3 Å². The third-order valence-corrected chi connectivity index (χ3v) is 4.48. The highest BCUT2D eigenvalue weighted by atomic mass is 16.3. The van der Waals surface area contributed by atoms with Gasteiger partial charge in [0.1, 0.15) is 17.1 Å². The Morgan fingerprint density at radius 3 is 2.44 bits per heavy atom. The van der Waals surface area contributed by atoms with Crippen molar-refractivity contribution in [2.24, 2.45) is 0 Å². The number of fused-ring (bicyclic) bond motifs is 1. The molecule has 5 nitrogen and oxygen atoms in total. The van der Waals surface area contributed by atoms with Gasteiger partial charge in [-0.15, -0.1) is 0 Å². The van der Waals surface area contributed by atoms with Crippen LogP contribution < -0.4 is 5.32 Å². The molecule has 0 unspecified atom stereocenters. The number of benzene rings is 1. The first kappa shape index (κ1) is 17.0. The number of rotatable bonds is 4. The van der Waals surface area contributed by atoms with Crippen molar-refractivity contribution in [1.82, 2.24) is 15.0 Å². The molecule has 27 heavy (non-hydrogen) atoms. The average Bonchev–Trinajstić information content (AvgIpc) is 2.68. The molecule has 0 spiro atoms. The van der Waals surface area contributed by atoms with Crippen LogP contribution in [0, 0.1) is 13.8 Å². The molecule has 0 amide bonds. The van der Waals surface area contributed by atoms with Gasteiger partial charge in [-0.1, -0.05) is 30.3 Å². The van der Waals surface area contributed by atoms with Crippen LogP contribution in [0.15, 0.2) is 66.9 Å². The van der Waals surface area contributed by atoms with Gasteiger partial charge in [-0.25, -0.2) is 9.97 Å². The van der Waals surface area contributed by atoms with E-state index in [4.69, 9.17) is 0 Å². The van der Waals surface area contributed by atoms with Gasteiger partial charge in [-0.05, 0) is 44.2 Å². The van der Waals surface area contributed by atoms with Gasteiger partial charge in [0.2, 0.25) is 0 Å². The van der Waals surface area contributed by atoms with Crippen LogP contribution in [0.5, 0.6) is 5.75 Å². The lowest BCUT2D eigenvalue weighted by Crippen LogP contribution is -2.15. The van der Waals surface area contributed by atoms with Crippen molar-refractivity contribution in [2.75, 3.05) is 5.32 Å². The van der Waals surface area contributed by atoms with Crippen LogP contribution in [0.3, 0.4) is 0 Å². The minimum absolute atomic E-state index is 0.159. The van der Waals surface area contributed by atoms with E-state index < -0.39 is 0 Å². The molecule has 4 rings (SSSR count). The Morgan fingerprint density at radius 2 is 1.67 bits per heavy atom. The summed E-state index contributed by atoms with van der Waals surface area (Å²) in [7, 11) is 0. The Hall–Kier alpha value is -3.47. The minimum Gasteiger partial charge on any atom is -0.505 e. The SMILES string of the molecule is Cc1cccc(N[C@@H](c2ccccn2)c2ccc3ccc(C)nc3c2O)n1. The van der Waals surface area contributed by atoms with Gasteiger partial charge < -0.3 is 10.4 Å². The Morgan fingerprint density at radius 1 is 0.852 bits per heavy atom. The Kier molecular flexibility index (Phi) is 4.42. The highest BCUT2D eigenvalue weighted by molar-refractivity contribution is 5.86. The van der Waals surface area contributed by atoms with Gasteiger partial charge >= 0.3 is 0 Å². The third kappa shape index (κ3) is 3.44. The maximum absolute atomic E-state index is 11.0. The Bertz CT molecular complexity index is 1100. The average molecular weight is 356 g/mol. The molecule has 2 N–H and O–H groups in total. The molecule has 5 heteroatoms. The highest BCUT2D eigenvalue weighted by Gasteiger charge is 2.21. The molecule has 1 atom stereocenters. The van der Waals surface area contributed by atoms with E-state index >= 15 is 0 Å². The maximum Gasteiger partial charge on any atom is 0.147 e. The molecular weight excluding hydrogens is 336 g/mol. The smallest absolute Gasteiger partial charge is 0.147 e. The first-order valence-electron chi connectivity index (χ1n) is 8.82. The summed E-state index contributed by atoms with van der Waals surface area (Å²) in [6.07, 6.45) is 1.74. The lowest BCUT2D eigenvalue weighted by atomic mass is 9.99. The molecule has 0 aliphatic heterocycles. The van der Waals surface area contributed by atoms with E-state index in [-0.39, 0.29) is 11.8 Å². The molecule has 3 aromatic heterocycles. The predicted octanol–water partition coefficient (Wildman–Crippen LogP) is 4.55. The maximum atomic E-state index is 11.0. The van der Waals surface area contributed by atoms with Crippen LogP contribution in [0.1, 0.15) is 28.7 Å². The van der Waals surface area contributed by atoms with E-state index in [1.165, 1.54) is 0 Å². The molecule has 0 saturated heterocycles. The summed E-state index contributed by atoms with van der Waals surface area (Å²) in [6.45, 7) is 3.86. The summed E-state index contributed by atoms with van der Waals surface area (Å²) in [5.74, 6) is 0.884. The summed E-state index contributed by atoms with van der Waals surface area (Å²) < 4.78 is 0. The van der Waals surface area contributed by atoms with Crippen molar-refractivity contribution in [3.8, 4) is 5.75 Å². The second-order valence-electron chi connectivity index (χ2n) is 6.52. The number of pyridine rings is 3. The number of aromatic nitrogens is 3. The summed E-state index contributed by atoms with van der Waals surface area (Å²) in [5, 5.41) is 15.3. The van der Waals surface area contributed by atoms with Crippen molar-refractivity contribution in [2.45, 2.75) is 19.9 Å². The third-order valence-electron chi connectivity index (χ3n) is 4.48. The van der Waals surface area contributed by atoms with Gasteiger partial charge in [0.15, 0.2) is 0 Å². The molecule has 0 aliphatic carbocycles. The summed E-state index contributed by atoms with van der Waals surface area (Å²) >= 11 is 0. The number of anilines is 1. The van der Waals surface area contributed by atoms with Gasteiger partial charge in [0.25, 0.3) is 0 Å². The molecule has 3 heterocycles. The molecule has 1 aromatic carbocycles. The number of aromatic hydroxyl groups is 1. The number of hydrogen-bond acceptors (Lipinski definition) is 5. The fourth-order valence-electron chi connectivity index (χ4n) is 3.15. The van der Waals surface area contributed by atoms with Crippen LogP contribution in [0.4, 0.5) is 5.82 Å². The van der Waals surface area contributed by atoms with Crippen molar-refractivity contribution in [3.63, 3.8) is 0 Å². The predicted molar refractivity (Wildman–Crippen MR) is 107 cm³/mol. The number of hydrogen-bond donors (Lipinski definition) is 2. The number of aryl methyl sites for hydroxylation is 2. The van der Waals surface area contributed by atoms with Crippen molar-refractivity contribution < 1.29 is 5.11 Å². The van der Waals surface area contributed by atoms with Crippen molar-refractivity contribution in [1.29, 1.82) is 0 Å². The molecule has 0 aliphatic rings. The second-order valence-corrected chi connectivity index (χ2v) is 6.52. The zero-order chi connectivity index (χ0) is 18.8. The zero-order valence-corrected chi connectivity index (χ0v) is 15.2. The standard InChI is InChI=1S/C22H20N4O/c1-14-6-5-8-19(24-14)26-21(18-7-3-4-13-23-18)17-12-11-16-10-9-15(2)25-20(16)22(17)27/h3-13,21,27H,1-2H3,(H,24,26)/t21-/m1/s1. The molecule has 0 fully saturated rings. The monoisotopic (exact) mass is 356 g/mol. The quantitative estimate of drug-likeness (QED) is 0.561. The van der Waals surface area contributed by atoms with Gasteiger partial charge in [-0.2, -0.15) is 0 Å². The minimum atomic E-state index is -0.354. The molecular formula is C22H20N4O. The number of phenols is 1. The second kappa shape index (κ2) is 7.03. The lowest BCUT2D eigenvalue weighted by molar-refractivity contribution is 0.471. The Balaban J connectivity index is 1.86. The van der Waals surface area contributed by atoms with Crippen molar-refractivity contribution >= 4 is 16.7 Å². The van der Waals surface area contributed by atoms with Crippen molar-refractivity contribution in [3.05, 3.63) is 89.5 Å². The number of nitrogens with one attached hydrogen (secondary N) is 1. The number of nitrogens with zero attached hydrogens (tertiary/aromatic N) is 3. The summed E-state index contributed by atoms with van der Waals surface area (Å²) in [6, 6.07) is 19.0. The molecule has 0 radical (unpaired) electrons. The first-order chi connectivity index (χ1) is 13.1. The van der Waals surface area contributed by atoms with E-state index in [9.17, 15) is 5.11 Å². The number of phenolic OH excluding ortho intramolecular Hbond substituents is 1. The molecule has 134 valence electrons. The van der Waals surface area contributed by atoms with Gasteiger partial charge in [0, 0.05) is 28.5 Å². The van der Waals surface area contributed by atoms with E-state index in [0.717, 1.165) is 28.3 Å². The summed E-state index contributed by atoms with van der Waals surface area (Å²) in [4.78, 5) is 13.5. The van der Waals surface area contributed by atoms with E-state index in [1.807, 2.05) is 74.5 Å². The fraction of sp³-hybridized carbons (Fsp3) is 0.136. The van der Waals surface area contributed by atoms with Crippen LogP contribution in [-0.2, 0) is 0 Å². The van der Waals surface area contributed by atoms with E-state index in [0.29, 0.717) is 11.1 Å². The topological polar surface area (TPSA) is 70.9 Å². The molecule has 4 aromatic rings. The van der Waals surface area contributed by atoms with E-state index in [1.54, 1.807) is 6.20 Å². The fourth-order valence-corrected chi connectivity index (χ4v) is 3.15. The normalized spacial score (nSPS) is 12.1. The highest BCUT2D eigenvalue weighted by Crippen LogP contribution is 2.35. The first-order valence-corrected chi connectivity index (χ1v) is 8.82. The van der Waals surface area contributed by atoms with Gasteiger partial charge in [0.05, 0.1) is 11.7 Å². The largest absolute Gasteiger partial charge is 0.505 e. The van der Waals surface area contributed by atoms with Crippen LogP contribution in [0.2, 0.25) is 0 Å². The van der Waals surface area contributed by atoms with Crippen LogP contribution in [-0.4, -0.2) is 20.1 Å². The lowest BCUT2D eigenvalue weighted by Gasteiger charge is -2.21.